The van der Waals surface area contributed by atoms with Gasteiger partial charge in [-0.3, -0.25) is 4.79 Å². The third kappa shape index (κ3) is 3.34. The fourth-order valence-corrected chi connectivity index (χ4v) is 3.43. The van der Waals surface area contributed by atoms with Gasteiger partial charge in [0.2, 0.25) is 0 Å². The summed E-state index contributed by atoms with van der Waals surface area (Å²) in [5.41, 5.74) is 4.83. The Hall–Kier alpha value is -2.11. The maximum absolute atomic E-state index is 13.3. The van der Waals surface area contributed by atoms with Crippen molar-refractivity contribution in [2.24, 2.45) is 0 Å². The van der Waals surface area contributed by atoms with Crippen molar-refractivity contribution >= 4 is 5.91 Å². The molecule has 2 unspecified atom stereocenters. The third-order valence-electron chi connectivity index (χ3n) is 4.86. The largest absolute Gasteiger partial charge is 0.394 e. The quantitative estimate of drug-likeness (QED) is 0.933. The predicted molar refractivity (Wildman–Crippen MR) is 97.3 cm³/mol. The minimum atomic E-state index is -0.316. The number of morpholine rings is 1. The van der Waals surface area contributed by atoms with E-state index in [0.29, 0.717) is 18.7 Å². The summed E-state index contributed by atoms with van der Waals surface area (Å²) in [6.07, 6.45) is -0.316. The lowest BCUT2D eigenvalue weighted by molar-refractivity contribution is -0.0667. The monoisotopic (exact) mass is 342 g/mol. The fourth-order valence-electron chi connectivity index (χ4n) is 3.43. The maximum Gasteiger partial charge on any atom is 0.256 e. The molecule has 0 bridgehead atoms. The molecule has 1 saturated heterocycles. The summed E-state index contributed by atoms with van der Waals surface area (Å²) < 4.78 is 7.68. The molecule has 2 heterocycles. The van der Waals surface area contributed by atoms with Gasteiger partial charge in [0, 0.05) is 17.9 Å². The van der Waals surface area contributed by atoms with Crippen molar-refractivity contribution in [1.82, 2.24) is 9.47 Å². The molecule has 1 aromatic heterocycles. The fraction of sp³-hybridized carbons (Fsp3) is 0.450. The number of hydrogen-bond donors (Lipinski definition) is 1. The van der Waals surface area contributed by atoms with Gasteiger partial charge < -0.3 is 19.3 Å². The first-order chi connectivity index (χ1) is 11.9. The lowest BCUT2D eigenvalue weighted by atomic mass is 10.1. The van der Waals surface area contributed by atoms with E-state index < -0.39 is 0 Å². The number of aryl methyl sites for hydroxylation is 3. The van der Waals surface area contributed by atoms with E-state index in [-0.39, 0.29) is 24.7 Å². The first-order valence-electron chi connectivity index (χ1n) is 8.71. The number of ether oxygens (including phenoxy) is 1. The van der Waals surface area contributed by atoms with E-state index in [9.17, 15) is 9.90 Å². The van der Waals surface area contributed by atoms with Crippen LogP contribution in [0.5, 0.6) is 0 Å². The lowest BCUT2D eigenvalue weighted by Gasteiger charge is -2.37. The van der Waals surface area contributed by atoms with E-state index in [1.54, 1.807) is 0 Å². The van der Waals surface area contributed by atoms with Crippen molar-refractivity contribution in [1.29, 1.82) is 0 Å². The van der Waals surface area contributed by atoms with Crippen molar-refractivity contribution in [2.45, 2.75) is 39.8 Å². The normalized spacial score (nSPS) is 20.8. The van der Waals surface area contributed by atoms with Crippen LogP contribution in [0.25, 0.3) is 5.69 Å². The second kappa shape index (κ2) is 7.02. The second-order valence-corrected chi connectivity index (χ2v) is 6.92. The minimum Gasteiger partial charge on any atom is -0.394 e. The molecule has 134 valence electrons. The summed E-state index contributed by atoms with van der Waals surface area (Å²) in [5.74, 6) is -0.0135. The van der Waals surface area contributed by atoms with Crippen molar-refractivity contribution in [3.63, 3.8) is 0 Å². The van der Waals surface area contributed by atoms with E-state index in [0.717, 1.165) is 22.6 Å². The number of rotatable bonds is 3. The predicted octanol–water partition coefficient (Wildman–Crippen LogP) is 2.62. The van der Waals surface area contributed by atoms with Gasteiger partial charge in [0.05, 0.1) is 36.6 Å². The van der Waals surface area contributed by atoms with Crippen LogP contribution in [0.3, 0.4) is 0 Å². The first kappa shape index (κ1) is 17.7. The Bertz CT molecular complexity index is 762. The average molecular weight is 342 g/mol. The van der Waals surface area contributed by atoms with Gasteiger partial charge in [-0.15, -0.1) is 0 Å². The van der Waals surface area contributed by atoms with E-state index in [1.807, 2.05) is 50.8 Å². The Labute approximate surface area is 148 Å². The van der Waals surface area contributed by atoms with Crippen LogP contribution in [-0.4, -0.2) is 52.4 Å². The van der Waals surface area contributed by atoms with Gasteiger partial charge in [0.1, 0.15) is 0 Å². The highest BCUT2D eigenvalue weighted by atomic mass is 16.5. The van der Waals surface area contributed by atoms with E-state index in [2.05, 4.69) is 16.7 Å². The summed E-state index contributed by atoms with van der Waals surface area (Å²) in [6, 6.07) is 10.1. The molecule has 2 aromatic rings. The number of hydrogen-bond acceptors (Lipinski definition) is 3. The summed E-state index contributed by atoms with van der Waals surface area (Å²) in [7, 11) is 0. The molecule has 1 N–H and O–H groups in total. The molecule has 5 nitrogen and oxygen atoms in total. The van der Waals surface area contributed by atoms with Gasteiger partial charge in [-0.05, 0) is 52.0 Å². The van der Waals surface area contributed by atoms with Crippen molar-refractivity contribution in [3.05, 3.63) is 52.8 Å². The van der Waals surface area contributed by atoms with Gasteiger partial charge in [0.15, 0.2) is 0 Å². The van der Waals surface area contributed by atoms with Crippen LogP contribution in [0.2, 0.25) is 0 Å². The Morgan fingerprint density at radius 1 is 1.20 bits per heavy atom. The number of aliphatic hydroxyl groups excluding tert-OH is 1. The van der Waals surface area contributed by atoms with Crippen molar-refractivity contribution in [2.75, 3.05) is 19.8 Å². The molecule has 0 aliphatic carbocycles. The van der Waals surface area contributed by atoms with Crippen LogP contribution < -0.4 is 0 Å². The molecule has 0 saturated carbocycles. The number of carbonyl (C=O) groups is 1. The average Bonchev–Trinajstić information content (AvgIpc) is 2.93. The smallest absolute Gasteiger partial charge is 0.256 e. The topological polar surface area (TPSA) is 54.7 Å². The van der Waals surface area contributed by atoms with Gasteiger partial charge >= 0.3 is 0 Å². The summed E-state index contributed by atoms with van der Waals surface area (Å²) in [4.78, 5) is 15.2. The standard InChI is InChI=1S/C20H26N2O3/c1-13-5-8-19(22-14(2)6-7-15(22)3)18(9-13)20(24)21-10-17(11-23)25-12-16(21)4/h5-9,16-17,23H,10-12H2,1-4H3. The number of nitrogens with zero attached hydrogens (tertiary/aromatic N) is 2. The molecule has 1 fully saturated rings. The Morgan fingerprint density at radius 3 is 2.52 bits per heavy atom. The van der Waals surface area contributed by atoms with E-state index >= 15 is 0 Å². The highest BCUT2D eigenvalue weighted by molar-refractivity contribution is 5.98. The van der Waals surface area contributed by atoms with Crippen LogP contribution in [0.15, 0.2) is 30.3 Å². The molecule has 1 aliphatic rings. The van der Waals surface area contributed by atoms with Crippen LogP contribution in [0, 0.1) is 20.8 Å². The number of benzene rings is 1. The second-order valence-electron chi connectivity index (χ2n) is 6.92. The summed E-state index contributed by atoms with van der Waals surface area (Å²) in [6.45, 7) is 8.84. The minimum absolute atomic E-state index is 0.0135. The van der Waals surface area contributed by atoms with Gasteiger partial charge in [0.25, 0.3) is 5.91 Å². The van der Waals surface area contributed by atoms with E-state index in [4.69, 9.17) is 4.74 Å². The molecular weight excluding hydrogens is 316 g/mol. The first-order valence-corrected chi connectivity index (χ1v) is 8.71. The van der Waals surface area contributed by atoms with Crippen LogP contribution >= 0.6 is 0 Å². The molecule has 25 heavy (non-hydrogen) atoms. The highest BCUT2D eigenvalue weighted by Gasteiger charge is 2.31. The molecule has 0 radical (unpaired) electrons. The highest BCUT2D eigenvalue weighted by Crippen LogP contribution is 2.25. The molecule has 5 heteroatoms. The van der Waals surface area contributed by atoms with Gasteiger partial charge in [-0.2, -0.15) is 0 Å². The zero-order valence-corrected chi connectivity index (χ0v) is 15.3. The molecule has 1 aromatic carbocycles. The summed E-state index contributed by atoms with van der Waals surface area (Å²) in [5, 5.41) is 9.40. The maximum atomic E-state index is 13.3. The number of aliphatic hydroxyl groups is 1. The summed E-state index contributed by atoms with van der Waals surface area (Å²) >= 11 is 0. The number of aromatic nitrogens is 1. The number of carbonyl (C=O) groups excluding carboxylic acids is 1. The molecule has 1 aliphatic heterocycles. The van der Waals surface area contributed by atoms with Crippen LogP contribution in [0.1, 0.15) is 34.2 Å². The van der Waals surface area contributed by atoms with Gasteiger partial charge in [-0.25, -0.2) is 0 Å². The molecular formula is C20H26N2O3. The molecule has 3 rings (SSSR count). The number of amides is 1. The Balaban J connectivity index is 2.04. The zero-order chi connectivity index (χ0) is 18.1. The lowest BCUT2D eigenvalue weighted by Crippen LogP contribution is -2.52. The zero-order valence-electron chi connectivity index (χ0n) is 15.3. The molecule has 0 spiro atoms. The SMILES string of the molecule is Cc1ccc(-n2c(C)ccc2C)c(C(=O)N2CC(CO)OCC2C)c1. The van der Waals surface area contributed by atoms with Crippen molar-refractivity contribution in [3.8, 4) is 5.69 Å². The van der Waals surface area contributed by atoms with Crippen LogP contribution in [-0.2, 0) is 4.74 Å². The molecule has 1 amide bonds. The Morgan fingerprint density at radius 2 is 1.88 bits per heavy atom. The van der Waals surface area contributed by atoms with E-state index in [1.165, 1.54) is 0 Å². The van der Waals surface area contributed by atoms with Crippen molar-refractivity contribution < 1.29 is 14.6 Å². The van der Waals surface area contributed by atoms with Crippen LogP contribution in [0.4, 0.5) is 0 Å². The van der Waals surface area contributed by atoms with Gasteiger partial charge in [-0.1, -0.05) is 11.6 Å². The Kier molecular flexibility index (Phi) is 4.97. The third-order valence-corrected chi connectivity index (χ3v) is 4.86. The molecule has 2 atom stereocenters.